The molecule has 2 aromatic rings. The van der Waals surface area contributed by atoms with Gasteiger partial charge in [-0.3, -0.25) is 4.79 Å². The number of hydrogen-bond acceptors (Lipinski definition) is 2. The van der Waals surface area contributed by atoms with Crippen LogP contribution in [0.5, 0.6) is 5.75 Å². The van der Waals surface area contributed by atoms with Crippen molar-refractivity contribution in [1.82, 2.24) is 0 Å². The van der Waals surface area contributed by atoms with Crippen LogP contribution < -0.4 is 5.32 Å². The van der Waals surface area contributed by atoms with E-state index in [0.717, 1.165) is 12.0 Å². The Kier molecular flexibility index (Phi) is 4.53. The van der Waals surface area contributed by atoms with Crippen molar-refractivity contribution < 1.29 is 9.90 Å². The van der Waals surface area contributed by atoms with E-state index in [1.807, 2.05) is 19.1 Å². The Morgan fingerprint density at radius 3 is 2.45 bits per heavy atom. The lowest BCUT2D eigenvalue weighted by Crippen LogP contribution is -2.12. The predicted octanol–water partition coefficient (Wildman–Crippen LogP) is 4.51. The van der Waals surface area contributed by atoms with Crippen molar-refractivity contribution in [3.63, 3.8) is 0 Å². The molecule has 0 atom stereocenters. The van der Waals surface area contributed by atoms with Gasteiger partial charge < -0.3 is 10.4 Å². The highest BCUT2D eigenvalue weighted by Crippen LogP contribution is 2.35. The van der Waals surface area contributed by atoms with E-state index in [0.29, 0.717) is 10.6 Å². The smallest absolute Gasteiger partial charge is 0.255 e. The number of aromatic hydroxyl groups is 1. The molecule has 2 N–H and O–H groups in total. The van der Waals surface area contributed by atoms with Crippen molar-refractivity contribution >= 4 is 34.8 Å². The first-order valence-electron chi connectivity index (χ1n) is 6.09. The largest absolute Gasteiger partial charge is 0.504 e. The maximum Gasteiger partial charge on any atom is 0.255 e. The number of aryl methyl sites for hydroxylation is 1. The second kappa shape index (κ2) is 6.16. The zero-order valence-electron chi connectivity index (χ0n) is 10.8. The number of hydrogen-bond donors (Lipinski definition) is 2. The molecule has 0 heterocycles. The van der Waals surface area contributed by atoms with E-state index in [1.54, 1.807) is 12.1 Å². The van der Waals surface area contributed by atoms with Crippen molar-refractivity contribution in [2.24, 2.45) is 0 Å². The van der Waals surface area contributed by atoms with Gasteiger partial charge in [-0.25, -0.2) is 0 Å². The number of rotatable bonds is 3. The second-order valence-electron chi connectivity index (χ2n) is 4.29. The Morgan fingerprint density at radius 2 is 1.85 bits per heavy atom. The highest BCUT2D eigenvalue weighted by atomic mass is 35.5. The SMILES string of the molecule is CCc1ccc(C(=O)Nc2cc(Cl)cc(Cl)c2O)cc1. The molecule has 1 amide bonds. The van der Waals surface area contributed by atoms with Crippen LogP contribution >= 0.6 is 23.2 Å². The molecule has 0 aliphatic heterocycles. The average molecular weight is 310 g/mol. The van der Waals surface area contributed by atoms with Gasteiger partial charge in [-0.15, -0.1) is 0 Å². The normalized spacial score (nSPS) is 10.3. The van der Waals surface area contributed by atoms with Crippen molar-refractivity contribution in [1.29, 1.82) is 0 Å². The molecule has 0 aliphatic carbocycles. The van der Waals surface area contributed by atoms with E-state index in [9.17, 15) is 9.90 Å². The van der Waals surface area contributed by atoms with Gasteiger partial charge in [0.2, 0.25) is 0 Å². The number of anilines is 1. The van der Waals surface area contributed by atoms with E-state index in [4.69, 9.17) is 23.2 Å². The Labute approximate surface area is 127 Å². The fraction of sp³-hybridized carbons (Fsp3) is 0.133. The number of amides is 1. The van der Waals surface area contributed by atoms with Crippen molar-refractivity contribution in [2.45, 2.75) is 13.3 Å². The Balaban J connectivity index is 2.23. The van der Waals surface area contributed by atoms with Crippen LogP contribution in [0, 0.1) is 0 Å². The quantitative estimate of drug-likeness (QED) is 0.819. The van der Waals surface area contributed by atoms with Crippen LogP contribution in [0.15, 0.2) is 36.4 Å². The van der Waals surface area contributed by atoms with Gasteiger partial charge in [0.1, 0.15) is 0 Å². The van der Waals surface area contributed by atoms with Gasteiger partial charge in [0.15, 0.2) is 5.75 Å². The molecule has 5 heteroatoms. The number of benzene rings is 2. The van der Waals surface area contributed by atoms with Crippen molar-refractivity contribution in [3.05, 3.63) is 57.6 Å². The van der Waals surface area contributed by atoms with Gasteiger partial charge in [-0.05, 0) is 36.2 Å². The molecule has 0 spiro atoms. The van der Waals surface area contributed by atoms with Crippen LogP contribution in [-0.2, 0) is 6.42 Å². The fourth-order valence-corrected chi connectivity index (χ4v) is 2.24. The lowest BCUT2D eigenvalue weighted by atomic mass is 10.1. The first-order chi connectivity index (χ1) is 9.51. The zero-order valence-corrected chi connectivity index (χ0v) is 12.3. The van der Waals surface area contributed by atoms with E-state index in [2.05, 4.69) is 5.32 Å². The average Bonchev–Trinajstić information content (AvgIpc) is 2.44. The van der Waals surface area contributed by atoms with Crippen LogP contribution in [0.2, 0.25) is 10.0 Å². The van der Waals surface area contributed by atoms with E-state index in [1.165, 1.54) is 12.1 Å². The topological polar surface area (TPSA) is 49.3 Å². The molecule has 2 aromatic carbocycles. The molecule has 0 saturated heterocycles. The molecular formula is C15H13Cl2NO2. The number of phenols is 1. The standard InChI is InChI=1S/C15H13Cl2NO2/c1-2-9-3-5-10(6-4-9)15(20)18-13-8-11(16)7-12(17)14(13)19/h3-8,19H,2H2,1H3,(H,18,20). The van der Waals surface area contributed by atoms with Gasteiger partial charge in [-0.1, -0.05) is 42.3 Å². The zero-order chi connectivity index (χ0) is 14.7. The third-order valence-electron chi connectivity index (χ3n) is 2.90. The number of nitrogens with one attached hydrogen (secondary N) is 1. The van der Waals surface area contributed by atoms with E-state index in [-0.39, 0.29) is 22.4 Å². The molecule has 0 fully saturated rings. The van der Waals surface area contributed by atoms with Crippen LogP contribution in [-0.4, -0.2) is 11.0 Å². The van der Waals surface area contributed by atoms with E-state index >= 15 is 0 Å². The molecule has 0 bridgehead atoms. The summed E-state index contributed by atoms with van der Waals surface area (Å²) in [6.45, 7) is 2.04. The fourth-order valence-electron chi connectivity index (χ4n) is 1.75. The number of halogens is 2. The van der Waals surface area contributed by atoms with Crippen LogP contribution in [0.3, 0.4) is 0 Å². The molecule has 3 nitrogen and oxygen atoms in total. The summed E-state index contributed by atoms with van der Waals surface area (Å²) in [4.78, 5) is 12.1. The summed E-state index contributed by atoms with van der Waals surface area (Å²) >= 11 is 11.6. The molecule has 0 aliphatic rings. The Morgan fingerprint density at radius 1 is 1.20 bits per heavy atom. The third-order valence-corrected chi connectivity index (χ3v) is 3.41. The molecule has 0 aromatic heterocycles. The minimum atomic E-state index is -0.332. The molecule has 20 heavy (non-hydrogen) atoms. The summed E-state index contributed by atoms with van der Waals surface area (Å²) in [5, 5.41) is 12.8. The van der Waals surface area contributed by atoms with Crippen molar-refractivity contribution in [3.8, 4) is 5.75 Å². The number of carbonyl (C=O) groups excluding carboxylic acids is 1. The van der Waals surface area contributed by atoms with Gasteiger partial charge in [-0.2, -0.15) is 0 Å². The lowest BCUT2D eigenvalue weighted by molar-refractivity contribution is 0.102. The van der Waals surface area contributed by atoms with Gasteiger partial charge in [0, 0.05) is 10.6 Å². The minimum Gasteiger partial charge on any atom is -0.504 e. The van der Waals surface area contributed by atoms with Crippen LogP contribution in [0.4, 0.5) is 5.69 Å². The second-order valence-corrected chi connectivity index (χ2v) is 5.13. The Bertz CT molecular complexity index is 639. The molecule has 0 radical (unpaired) electrons. The summed E-state index contributed by atoms with van der Waals surface area (Å²) in [5.74, 6) is -0.532. The highest BCUT2D eigenvalue weighted by molar-refractivity contribution is 6.36. The highest BCUT2D eigenvalue weighted by Gasteiger charge is 2.12. The molecule has 0 unspecified atom stereocenters. The van der Waals surface area contributed by atoms with Gasteiger partial charge >= 0.3 is 0 Å². The summed E-state index contributed by atoms with van der Waals surface area (Å²) in [5.41, 5.74) is 1.83. The maximum absolute atomic E-state index is 12.1. The first kappa shape index (κ1) is 14.7. The van der Waals surface area contributed by atoms with E-state index < -0.39 is 0 Å². The minimum absolute atomic E-state index is 0.0918. The first-order valence-corrected chi connectivity index (χ1v) is 6.85. The third kappa shape index (κ3) is 3.24. The molecule has 104 valence electrons. The maximum atomic E-state index is 12.1. The molecular weight excluding hydrogens is 297 g/mol. The molecule has 2 rings (SSSR count). The molecule has 0 saturated carbocycles. The Hall–Kier alpha value is -1.71. The number of phenolic OH excluding ortho intramolecular Hbond substituents is 1. The number of carbonyl (C=O) groups is 1. The summed E-state index contributed by atoms with van der Waals surface area (Å²) < 4.78 is 0. The summed E-state index contributed by atoms with van der Waals surface area (Å²) in [6, 6.07) is 10.1. The predicted molar refractivity (Wildman–Crippen MR) is 81.9 cm³/mol. The van der Waals surface area contributed by atoms with Gasteiger partial charge in [0.25, 0.3) is 5.91 Å². The summed E-state index contributed by atoms with van der Waals surface area (Å²) in [7, 11) is 0. The van der Waals surface area contributed by atoms with Crippen LogP contribution in [0.1, 0.15) is 22.8 Å². The van der Waals surface area contributed by atoms with Gasteiger partial charge in [0.05, 0.1) is 10.7 Å². The monoisotopic (exact) mass is 309 g/mol. The summed E-state index contributed by atoms with van der Waals surface area (Å²) in [6.07, 6.45) is 0.909. The van der Waals surface area contributed by atoms with Crippen molar-refractivity contribution in [2.75, 3.05) is 5.32 Å². The lowest BCUT2D eigenvalue weighted by Gasteiger charge is -2.09. The van der Waals surface area contributed by atoms with Crippen LogP contribution in [0.25, 0.3) is 0 Å².